The normalized spacial score (nSPS) is 10.7. The third-order valence-corrected chi connectivity index (χ3v) is 6.17. The molecule has 0 atom stereocenters. The zero-order valence-corrected chi connectivity index (χ0v) is 18.8. The predicted molar refractivity (Wildman–Crippen MR) is 125 cm³/mol. The number of aromatic nitrogens is 4. The molecule has 4 rings (SSSR count). The van der Waals surface area contributed by atoms with E-state index >= 15 is 0 Å². The van der Waals surface area contributed by atoms with Crippen molar-refractivity contribution < 1.29 is 9.53 Å². The molecule has 0 aliphatic carbocycles. The first kappa shape index (κ1) is 21.9. The molecule has 8 nitrogen and oxygen atoms in total. The van der Waals surface area contributed by atoms with Crippen molar-refractivity contribution in [2.75, 3.05) is 19.0 Å². The highest BCUT2D eigenvalue weighted by atomic mass is 35.5. The van der Waals surface area contributed by atoms with E-state index in [4.69, 9.17) is 34.5 Å². The topological polar surface area (TPSA) is 97.2 Å². The molecule has 11 heteroatoms. The molecule has 0 saturated carbocycles. The number of hydrogen-bond donors (Lipinski definition) is 2. The van der Waals surface area contributed by atoms with Gasteiger partial charge in [-0.25, -0.2) is 9.83 Å². The minimum atomic E-state index is -0.329. The molecule has 32 heavy (non-hydrogen) atoms. The SMILES string of the molecule is [C-]#[N+]c1c(-c2ccnc(NC(=O)COC)c2)sc(-c2nnc[nH]2)c1-c1ccc(Cl)cc1Cl. The van der Waals surface area contributed by atoms with Crippen LogP contribution in [0.2, 0.25) is 10.0 Å². The average Bonchev–Trinajstić information content (AvgIpc) is 3.42. The second-order valence-corrected chi connectivity index (χ2v) is 8.33. The Morgan fingerprint density at radius 3 is 2.81 bits per heavy atom. The Labute approximate surface area is 197 Å². The number of pyridine rings is 1. The summed E-state index contributed by atoms with van der Waals surface area (Å²) in [6.45, 7) is 7.82. The molecule has 0 saturated heterocycles. The summed E-state index contributed by atoms with van der Waals surface area (Å²) in [6, 6.07) is 8.58. The van der Waals surface area contributed by atoms with Crippen LogP contribution in [-0.4, -0.2) is 39.8 Å². The van der Waals surface area contributed by atoms with Crippen LogP contribution in [0.4, 0.5) is 11.5 Å². The van der Waals surface area contributed by atoms with Gasteiger partial charge in [0.25, 0.3) is 5.91 Å². The fraction of sp³-hybridized carbons (Fsp3) is 0.0952. The van der Waals surface area contributed by atoms with Gasteiger partial charge >= 0.3 is 0 Å². The summed E-state index contributed by atoms with van der Waals surface area (Å²) in [6.07, 6.45) is 3.03. The van der Waals surface area contributed by atoms with Gasteiger partial charge in [-0.15, -0.1) is 21.5 Å². The number of rotatable bonds is 6. The molecule has 0 radical (unpaired) electrons. The second-order valence-electron chi connectivity index (χ2n) is 6.47. The first-order chi connectivity index (χ1) is 15.5. The third-order valence-electron chi connectivity index (χ3n) is 4.39. The number of halogens is 2. The van der Waals surface area contributed by atoms with Crippen molar-refractivity contribution in [3.05, 3.63) is 64.3 Å². The summed E-state index contributed by atoms with van der Waals surface area (Å²) in [4.78, 5) is 24.3. The van der Waals surface area contributed by atoms with Crippen molar-refractivity contribution in [2.45, 2.75) is 0 Å². The van der Waals surface area contributed by atoms with E-state index in [2.05, 4.69) is 30.3 Å². The maximum Gasteiger partial charge on any atom is 0.251 e. The molecule has 0 bridgehead atoms. The molecule has 1 aromatic carbocycles. The number of nitrogens with one attached hydrogen (secondary N) is 2. The number of hydrogen-bond acceptors (Lipinski definition) is 6. The van der Waals surface area contributed by atoms with Gasteiger partial charge in [0.1, 0.15) is 18.8 Å². The molecule has 0 aliphatic rings. The first-order valence-electron chi connectivity index (χ1n) is 9.13. The van der Waals surface area contributed by atoms with Gasteiger partial charge in [0.15, 0.2) is 5.82 Å². The Bertz CT molecular complexity index is 1330. The first-order valence-corrected chi connectivity index (χ1v) is 10.7. The molecule has 3 aromatic heterocycles. The number of anilines is 1. The summed E-state index contributed by atoms with van der Waals surface area (Å²) >= 11 is 13.9. The van der Waals surface area contributed by atoms with Crippen LogP contribution in [0.1, 0.15) is 0 Å². The number of ether oxygens (including phenoxy) is 1. The molecule has 4 aromatic rings. The van der Waals surface area contributed by atoms with E-state index in [1.807, 2.05) is 0 Å². The van der Waals surface area contributed by atoms with Crippen molar-refractivity contribution in [2.24, 2.45) is 0 Å². The largest absolute Gasteiger partial charge is 0.375 e. The summed E-state index contributed by atoms with van der Waals surface area (Å²) < 4.78 is 4.84. The Balaban J connectivity index is 1.90. The molecule has 3 heterocycles. The van der Waals surface area contributed by atoms with Crippen LogP contribution in [0.3, 0.4) is 0 Å². The van der Waals surface area contributed by atoms with Gasteiger partial charge in [-0.3, -0.25) is 4.79 Å². The number of H-pyrrole nitrogens is 1. The quantitative estimate of drug-likeness (QED) is 0.341. The number of nitrogens with zero attached hydrogens (tertiary/aromatic N) is 4. The number of thiophene rings is 1. The highest BCUT2D eigenvalue weighted by molar-refractivity contribution is 7.20. The van der Waals surface area contributed by atoms with E-state index in [9.17, 15) is 4.79 Å². The van der Waals surface area contributed by atoms with E-state index in [1.54, 1.807) is 36.5 Å². The standard InChI is InChI=1S/C21H14Cl2N6O2S/c1-24-18-17(13-4-3-12(22)8-14(13)23)20(21-26-10-27-29-21)32-19(18)11-5-6-25-15(7-11)28-16(30)9-31-2/h3-8,10H,9H2,2H3,(H,25,28,30)(H,26,27,29). The smallest absolute Gasteiger partial charge is 0.251 e. The maximum atomic E-state index is 11.9. The van der Waals surface area contributed by atoms with Gasteiger partial charge in [-0.2, -0.15) is 0 Å². The number of aromatic amines is 1. The lowest BCUT2D eigenvalue weighted by molar-refractivity contribution is -0.119. The van der Waals surface area contributed by atoms with Gasteiger partial charge in [0, 0.05) is 33.8 Å². The maximum absolute atomic E-state index is 11.9. The molecular formula is C21H14Cl2N6O2S. The van der Waals surface area contributed by atoms with Crippen molar-refractivity contribution in [3.63, 3.8) is 0 Å². The minimum Gasteiger partial charge on any atom is -0.375 e. The summed E-state index contributed by atoms with van der Waals surface area (Å²) in [5.41, 5.74) is 2.38. The van der Waals surface area contributed by atoms with Crippen molar-refractivity contribution >= 4 is 52.0 Å². The molecule has 0 spiro atoms. The fourth-order valence-electron chi connectivity index (χ4n) is 3.10. The number of carbonyl (C=O) groups excluding carboxylic acids is 1. The lowest BCUT2D eigenvalue weighted by Gasteiger charge is -2.07. The Morgan fingerprint density at radius 1 is 1.28 bits per heavy atom. The highest BCUT2D eigenvalue weighted by Crippen LogP contribution is 2.53. The zero-order valence-electron chi connectivity index (χ0n) is 16.5. The number of amides is 1. The molecule has 1 amide bonds. The number of methoxy groups -OCH3 is 1. The summed E-state index contributed by atoms with van der Waals surface area (Å²) in [5.74, 6) is 0.528. The summed E-state index contributed by atoms with van der Waals surface area (Å²) in [5, 5.41) is 11.6. The third kappa shape index (κ3) is 4.35. The van der Waals surface area contributed by atoms with Gasteiger partial charge < -0.3 is 15.0 Å². The van der Waals surface area contributed by atoms with Crippen LogP contribution >= 0.6 is 34.5 Å². The van der Waals surface area contributed by atoms with E-state index in [1.165, 1.54) is 24.8 Å². The van der Waals surface area contributed by atoms with Gasteiger partial charge in [-0.05, 0) is 35.4 Å². The van der Waals surface area contributed by atoms with E-state index < -0.39 is 0 Å². The van der Waals surface area contributed by atoms with E-state index in [0.717, 1.165) is 0 Å². The van der Waals surface area contributed by atoms with E-state index in [0.29, 0.717) is 53.8 Å². The van der Waals surface area contributed by atoms with Gasteiger partial charge in [0.2, 0.25) is 5.69 Å². The lowest BCUT2D eigenvalue weighted by Crippen LogP contribution is -2.17. The van der Waals surface area contributed by atoms with Crippen molar-refractivity contribution in [1.29, 1.82) is 0 Å². The second kappa shape index (κ2) is 9.46. The van der Waals surface area contributed by atoms with Gasteiger partial charge in [-0.1, -0.05) is 29.3 Å². The molecule has 2 N–H and O–H groups in total. The van der Waals surface area contributed by atoms with Crippen molar-refractivity contribution in [1.82, 2.24) is 20.2 Å². The van der Waals surface area contributed by atoms with Crippen LogP contribution in [0.25, 0.3) is 37.1 Å². The Kier molecular flexibility index (Phi) is 6.48. The Hall–Kier alpha value is -3.29. The van der Waals surface area contributed by atoms with Crippen LogP contribution in [0.5, 0.6) is 0 Å². The lowest BCUT2D eigenvalue weighted by atomic mass is 10.0. The molecule has 0 aliphatic heterocycles. The minimum absolute atomic E-state index is 0.0902. The van der Waals surface area contributed by atoms with Crippen LogP contribution in [0.15, 0.2) is 42.9 Å². The molecule has 0 fully saturated rings. The molecule has 160 valence electrons. The molecule has 0 unspecified atom stereocenters. The fourth-order valence-corrected chi connectivity index (χ4v) is 4.80. The van der Waals surface area contributed by atoms with Crippen LogP contribution in [0, 0.1) is 6.57 Å². The van der Waals surface area contributed by atoms with E-state index in [-0.39, 0.29) is 12.5 Å². The summed E-state index contributed by atoms with van der Waals surface area (Å²) in [7, 11) is 1.44. The van der Waals surface area contributed by atoms with Crippen molar-refractivity contribution in [3.8, 4) is 32.3 Å². The highest BCUT2D eigenvalue weighted by Gasteiger charge is 2.25. The van der Waals surface area contributed by atoms with Crippen LogP contribution in [-0.2, 0) is 9.53 Å². The average molecular weight is 485 g/mol. The van der Waals surface area contributed by atoms with Gasteiger partial charge in [0.05, 0.1) is 11.4 Å². The Morgan fingerprint density at radius 2 is 2.12 bits per heavy atom. The number of benzene rings is 1. The van der Waals surface area contributed by atoms with Crippen LogP contribution < -0.4 is 5.32 Å². The zero-order chi connectivity index (χ0) is 22.7. The monoisotopic (exact) mass is 484 g/mol. The predicted octanol–water partition coefficient (Wildman–Crippen LogP) is 5.70. The number of carbonyl (C=O) groups is 1. The molecular weight excluding hydrogens is 471 g/mol.